The van der Waals surface area contributed by atoms with Crippen molar-refractivity contribution in [2.75, 3.05) is 26.2 Å². The molecule has 0 bridgehead atoms. The molecule has 0 aliphatic carbocycles. The van der Waals surface area contributed by atoms with Crippen LogP contribution in [0.15, 0.2) is 0 Å². The topological polar surface area (TPSA) is 32.7 Å². The Morgan fingerprint density at radius 2 is 1.85 bits per heavy atom. The molecule has 2 saturated heterocycles. The second-order valence-corrected chi connectivity index (χ2v) is 6.52. The molecule has 0 aromatic heterocycles. The summed E-state index contributed by atoms with van der Waals surface area (Å²) in [5.74, 6) is 0. The van der Waals surface area contributed by atoms with Crippen LogP contribution in [0.5, 0.6) is 0 Å². The summed E-state index contributed by atoms with van der Waals surface area (Å²) < 4.78 is 42.2. The number of alkyl halides is 3. The van der Waals surface area contributed by atoms with Crippen LogP contribution >= 0.6 is 0 Å². The van der Waals surface area contributed by atoms with Crippen molar-refractivity contribution in [1.29, 1.82) is 0 Å². The molecule has 1 spiro atoms. The number of hydrogen-bond acceptors (Lipinski definition) is 3. The van der Waals surface area contributed by atoms with Gasteiger partial charge in [0.2, 0.25) is 0 Å². The van der Waals surface area contributed by atoms with Gasteiger partial charge in [0, 0.05) is 25.9 Å². The van der Waals surface area contributed by atoms with E-state index in [1.165, 1.54) is 0 Å². The maximum Gasteiger partial charge on any atom is 0.389 e. The molecule has 2 fully saturated rings. The SMILES string of the molecule is CC1(O)CCOC2(CCN(CCCC(F)(F)F)CC2)C1. The first-order valence-corrected chi connectivity index (χ1v) is 7.35. The highest BCUT2D eigenvalue weighted by atomic mass is 19.4. The molecule has 20 heavy (non-hydrogen) atoms. The van der Waals surface area contributed by atoms with Crippen LogP contribution in [0.2, 0.25) is 0 Å². The molecule has 2 heterocycles. The van der Waals surface area contributed by atoms with Crippen molar-refractivity contribution in [3.8, 4) is 0 Å². The van der Waals surface area contributed by atoms with Crippen molar-refractivity contribution >= 4 is 0 Å². The molecule has 0 amide bonds. The molecule has 0 aromatic rings. The van der Waals surface area contributed by atoms with Gasteiger partial charge in [-0.15, -0.1) is 0 Å². The van der Waals surface area contributed by atoms with Crippen LogP contribution in [-0.2, 0) is 4.74 Å². The fraction of sp³-hybridized carbons (Fsp3) is 1.00. The molecular formula is C14H24F3NO2. The second kappa shape index (κ2) is 5.81. The van der Waals surface area contributed by atoms with E-state index >= 15 is 0 Å². The van der Waals surface area contributed by atoms with Gasteiger partial charge >= 0.3 is 6.18 Å². The van der Waals surface area contributed by atoms with Crippen LogP contribution in [0.3, 0.4) is 0 Å². The number of halogens is 3. The lowest BCUT2D eigenvalue weighted by Crippen LogP contribution is -2.53. The molecule has 2 rings (SSSR count). The van der Waals surface area contributed by atoms with Gasteiger partial charge in [0.05, 0.1) is 17.8 Å². The number of rotatable bonds is 3. The van der Waals surface area contributed by atoms with Crippen molar-refractivity contribution < 1.29 is 23.0 Å². The van der Waals surface area contributed by atoms with Crippen LogP contribution in [0, 0.1) is 0 Å². The minimum atomic E-state index is -4.05. The number of piperidine rings is 1. The summed E-state index contributed by atoms with van der Waals surface area (Å²) in [6.45, 7) is 4.42. The number of ether oxygens (including phenoxy) is 1. The molecule has 1 N–H and O–H groups in total. The number of nitrogens with zero attached hydrogens (tertiary/aromatic N) is 1. The Kier molecular flexibility index (Phi) is 4.66. The summed E-state index contributed by atoms with van der Waals surface area (Å²) in [7, 11) is 0. The molecule has 1 unspecified atom stereocenters. The van der Waals surface area contributed by atoms with Gasteiger partial charge in [0.25, 0.3) is 0 Å². The zero-order valence-electron chi connectivity index (χ0n) is 12.0. The number of aliphatic hydroxyl groups is 1. The highest BCUT2D eigenvalue weighted by molar-refractivity contribution is 4.96. The second-order valence-electron chi connectivity index (χ2n) is 6.52. The quantitative estimate of drug-likeness (QED) is 0.869. The minimum absolute atomic E-state index is 0.162. The zero-order valence-corrected chi connectivity index (χ0v) is 12.0. The van der Waals surface area contributed by atoms with Crippen LogP contribution in [0.25, 0.3) is 0 Å². The van der Waals surface area contributed by atoms with Gasteiger partial charge in [-0.3, -0.25) is 0 Å². The Balaban J connectivity index is 1.75. The van der Waals surface area contributed by atoms with Crippen LogP contribution in [0.1, 0.15) is 45.4 Å². The van der Waals surface area contributed by atoms with E-state index in [9.17, 15) is 18.3 Å². The first kappa shape index (κ1) is 16.0. The van der Waals surface area contributed by atoms with Gasteiger partial charge in [-0.2, -0.15) is 13.2 Å². The standard InChI is InChI=1S/C14H24F3NO2/c1-12(19)6-10-20-13(11-12)4-8-18(9-5-13)7-2-3-14(15,16)17/h19H,2-11H2,1H3. The van der Waals surface area contributed by atoms with Gasteiger partial charge in [-0.05, 0) is 39.2 Å². The van der Waals surface area contributed by atoms with E-state index in [4.69, 9.17) is 4.74 Å². The van der Waals surface area contributed by atoms with Crippen molar-refractivity contribution in [3.63, 3.8) is 0 Å². The van der Waals surface area contributed by atoms with Crippen molar-refractivity contribution in [2.45, 2.75) is 62.8 Å². The van der Waals surface area contributed by atoms with Gasteiger partial charge in [0.1, 0.15) is 0 Å². The summed E-state index contributed by atoms with van der Waals surface area (Å²) in [5.41, 5.74) is -0.932. The Morgan fingerprint density at radius 1 is 1.20 bits per heavy atom. The molecule has 118 valence electrons. The van der Waals surface area contributed by atoms with E-state index in [1.54, 1.807) is 0 Å². The normalized spacial score (nSPS) is 31.6. The first-order valence-electron chi connectivity index (χ1n) is 7.35. The number of likely N-dealkylation sites (tertiary alicyclic amines) is 1. The van der Waals surface area contributed by atoms with E-state index in [2.05, 4.69) is 4.90 Å². The average molecular weight is 295 g/mol. The van der Waals surface area contributed by atoms with Crippen molar-refractivity contribution in [2.24, 2.45) is 0 Å². The Labute approximate surface area is 118 Å². The third-order valence-corrected chi connectivity index (χ3v) is 4.45. The molecule has 3 nitrogen and oxygen atoms in total. The molecule has 0 aromatic carbocycles. The lowest BCUT2D eigenvalue weighted by atomic mass is 9.78. The van der Waals surface area contributed by atoms with E-state index in [0.717, 1.165) is 25.9 Å². The fourth-order valence-corrected chi connectivity index (χ4v) is 3.33. The molecule has 2 aliphatic heterocycles. The minimum Gasteiger partial charge on any atom is -0.390 e. The highest BCUT2D eigenvalue weighted by Crippen LogP contribution is 2.39. The third-order valence-electron chi connectivity index (χ3n) is 4.45. The van der Waals surface area contributed by atoms with Crippen molar-refractivity contribution in [3.05, 3.63) is 0 Å². The van der Waals surface area contributed by atoms with Gasteiger partial charge in [-0.25, -0.2) is 0 Å². The van der Waals surface area contributed by atoms with Crippen LogP contribution in [-0.4, -0.2) is 53.6 Å². The Morgan fingerprint density at radius 3 is 2.40 bits per heavy atom. The monoisotopic (exact) mass is 295 g/mol. The lowest BCUT2D eigenvalue weighted by Gasteiger charge is -2.48. The predicted octanol–water partition coefficient (Wildman–Crippen LogP) is 2.72. The first-order chi connectivity index (χ1) is 9.20. The molecule has 2 aliphatic rings. The maximum atomic E-state index is 12.1. The highest BCUT2D eigenvalue weighted by Gasteiger charge is 2.44. The number of hydrogen-bond donors (Lipinski definition) is 1. The molecular weight excluding hydrogens is 271 g/mol. The largest absolute Gasteiger partial charge is 0.390 e. The van der Waals surface area contributed by atoms with E-state index < -0.39 is 18.2 Å². The van der Waals surface area contributed by atoms with E-state index in [1.807, 2.05) is 6.92 Å². The van der Waals surface area contributed by atoms with E-state index in [0.29, 0.717) is 26.0 Å². The van der Waals surface area contributed by atoms with Crippen molar-refractivity contribution in [1.82, 2.24) is 4.90 Å². The summed E-state index contributed by atoms with van der Waals surface area (Å²) in [6, 6.07) is 0. The molecule has 0 saturated carbocycles. The Bertz CT molecular complexity index is 323. The van der Waals surface area contributed by atoms with Crippen LogP contribution in [0.4, 0.5) is 13.2 Å². The summed E-state index contributed by atoms with van der Waals surface area (Å²) >= 11 is 0. The van der Waals surface area contributed by atoms with Crippen LogP contribution < -0.4 is 0 Å². The maximum absolute atomic E-state index is 12.1. The summed E-state index contributed by atoms with van der Waals surface area (Å²) in [6.07, 6.45) is -1.71. The molecule has 1 atom stereocenters. The van der Waals surface area contributed by atoms with Gasteiger partial charge in [0.15, 0.2) is 0 Å². The lowest BCUT2D eigenvalue weighted by molar-refractivity contribution is -0.173. The summed E-state index contributed by atoms with van der Waals surface area (Å²) in [4.78, 5) is 2.07. The Hall–Kier alpha value is -0.330. The molecule has 0 radical (unpaired) electrons. The van der Waals surface area contributed by atoms with E-state index in [-0.39, 0.29) is 12.0 Å². The van der Waals surface area contributed by atoms with Gasteiger partial charge in [-0.1, -0.05) is 0 Å². The average Bonchev–Trinajstić information content (AvgIpc) is 2.29. The summed E-state index contributed by atoms with van der Waals surface area (Å²) in [5, 5.41) is 10.2. The van der Waals surface area contributed by atoms with Gasteiger partial charge < -0.3 is 14.7 Å². The predicted molar refractivity (Wildman–Crippen MR) is 69.5 cm³/mol. The smallest absolute Gasteiger partial charge is 0.389 e. The zero-order chi connectivity index (χ0) is 14.9. The third kappa shape index (κ3) is 4.60. The molecule has 6 heteroatoms. The fourth-order valence-electron chi connectivity index (χ4n) is 3.33.